The van der Waals surface area contributed by atoms with Gasteiger partial charge >= 0.3 is 28.4 Å². The molecule has 0 saturated carbocycles. The molecule has 0 spiro atoms. The van der Waals surface area contributed by atoms with Crippen molar-refractivity contribution in [1.29, 1.82) is 0 Å². The van der Waals surface area contributed by atoms with Crippen LogP contribution < -0.4 is 0 Å². The van der Waals surface area contributed by atoms with Crippen molar-refractivity contribution in [1.82, 2.24) is 0 Å². The smallest absolute Gasteiger partial charge is 0.0253 e. The van der Waals surface area contributed by atoms with E-state index in [1.165, 1.54) is 64.1 Å². The second-order valence-corrected chi connectivity index (χ2v) is 9.30. The van der Waals surface area contributed by atoms with Gasteiger partial charge in [-0.3, -0.25) is 6.08 Å². The minimum atomic E-state index is 0.294. The molecule has 0 nitrogen and oxygen atoms in total. The summed E-state index contributed by atoms with van der Waals surface area (Å²) < 4.78 is 3.34. The van der Waals surface area contributed by atoms with Gasteiger partial charge in [0.05, 0.1) is 0 Å². The first-order chi connectivity index (χ1) is 17.4. The summed E-state index contributed by atoms with van der Waals surface area (Å²) in [6.07, 6.45) is 9.33. The quantitative estimate of drug-likeness (QED) is 0.217. The molecule has 36 heavy (non-hydrogen) atoms. The summed E-state index contributed by atoms with van der Waals surface area (Å²) in [6, 6.07) is 30.6. The summed E-state index contributed by atoms with van der Waals surface area (Å²) in [5, 5.41) is 0. The minimum absolute atomic E-state index is 0.294. The van der Waals surface area contributed by atoms with E-state index >= 15 is 0 Å². The van der Waals surface area contributed by atoms with Gasteiger partial charge in [-0.2, -0.15) is 84.8 Å². The predicted molar refractivity (Wildman–Crippen MR) is 155 cm³/mol. The molecule has 0 bridgehead atoms. The van der Waals surface area contributed by atoms with Crippen LogP contribution in [-0.2, 0) is 30.7 Å². The molecule has 0 fully saturated rings. The number of rotatable bonds is 2. The molecule has 2 aliphatic rings. The second-order valence-electron chi connectivity index (χ2n) is 9.30. The van der Waals surface area contributed by atoms with Crippen molar-refractivity contribution in [3.63, 3.8) is 0 Å². The number of hydrogen-bond donors (Lipinski definition) is 0. The van der Waals surface area contributed by atoms with Crippen LogP contribution in [0.25, 0.3) is 11.1 Å². The maximum Gasteiger partial charge on any atom is -0.0253 e. The van der Waals surface area contributed by atoms with Gasteiger partial charge in [-0.1, -0.05) is 94.2 Å². The molecule has 0 aliphatic heterocycles. The van der Waals surface area contributed by atoms with Crippen molar-refractivity contribution in [2.75, 3.05) is 0 Å². The van der Waals surface area contributed by atoms with E-state index in [1.807, 2.05) is 36.4 Å². The van der Waals surface area contributed by atoms with Gasteiger partial charge in [-0.25, -0.2) is 5.57 Å². The molecule has 1 heteroatoms. The molecule has 5 rings (SSSR count). The standard InChI is InChI=1S/C13H9.C13H21.C6H5.C2H5.CH2.Zr/c1-3-7-12-10(5-1)9-11-6-2-4-8-13(11)12;1-6-10-8-11(7-2)12(9-10)13(3,4)5;1-2-4-6-5-3-1;1-2;;/h1-5,7-8H,9H2;9-10H,6-7H2,1-5H3;1-5H;1H2,2H3;1H2;/q4*-1;;. The Hall–Kier alpha value is -2.11. The van der Waals surface area contributed by atoms with Crippen LogP contribution in [-0.4, -0.2) is 4.21 Å². The van der Waals surface area contributed by atoms with E-state index in [2.05, 4.69) is 106 Å². The van der Waals surface area contributed by atoms with Crippen LogP contribution in [0.2, 0.25) is 0 Å². The third kappa shape index (κ3) is 9.74. The first-order valence-corrected chi connectivity index (χ1v) is 14.6. The van der Waals surface area contributed by atoms with Crippen LogP contribution >= 0.6 is 0 Å². The molecule has 2 aliphatic carbocycles. The molecule has 1 atom stereocenters. The van der Waals surface area contributed by atoms with Gasteiger partial charge in [0, 0.05) is 0 Å². The average molecular weight is 554 g/mol. The zero-order valence-corrected chi connectivity index (χ0v) is 25.6. The minimum Gasteiger partial charge on any atom is -0.184 e. The molecule has 0 radical (unpaired) electrons. The Morgan fingerprint density at radius 3 is 2.03 bits per heavy atom. The molecular formula is C35H42Zr-4. The van der Waals surface area contributed by atoms with Crippen LogP contribution in [0, 0.1) is 36.5 Å². The Morgan fingerprint density at radius 1 is 0.889 bits per heavy atom. The zero-order valence-electron chi connectivity index (χ0n) is 23.1. The SMILES string of the molecule is CCC1=[C-]C(CC)C=C1C(C)(C)C.[CH2-]C.[CH2]=[Zr].[c-]1cccc2c1Cc1ccccc1-2.[c-]1ccccc1. The fourth-order valence-electron chi connectivity index (χ4n) is 4.20. The topological polar surface area (TPSA) is 0 Å². The maximum absolute atomic E-state index is 3.57. The molecule has 1 unspecified atom stereocenters. The summed E-state index contributed by atoms with van der Waals surface area (Å²) in [5.74, 6) is 0.573. The largest absolute Gasteiger partial charge is 0.184 e. The Morgan fingerprint density at radius 2 is 1.53 bits per heavy atom. The van der Waals surface area contributed by atoms with Gasteiger partial charge in [0.15, 0.2) is 0 Å². The third-order valence-corrected chi connectivity index (χ3v) is 5.88. The van der Waals surface area contributed by atoms with Gasteiger partial charge in [0.1, 0.15) is 0 Å². The van der Waals surface area contributed by atoms with E-state index in [4.69, 9.17) is 0 Å². The van der Waals surface area contributed by atoms with Crippen LogP contribution in [0.1, 0.15) is 65.5 Å². The van der Waals surface area contributed by atoms with E-state index in [1.54, 1.807) is 6.92 Å². The van der Waals surface area contributed by atoms with Crippen molar-refractivity contribution >= 4 is 4.21 Å². The molecule has 0 saturated heterocycles. The molecule has 0 heterocycles. The Kier molecular flexibility index (Phi) is 15.4. The summed E-state index contributed by atoms with van der Waals surface area (Å²) in [7, 11) is 0. The van der Waals surface area contributed by atoms with E-state index < -0.39 is 0 Å². The molecule has 0 N–H and O–H groups in total. The Bertz CT molecular complexity index is 997. The van der Waals surface area contributed by atoms with Crippen LogP contribution in [0.3, 0.4) is 0 Å². The van der Waals surface area contributed by atoms with E-state index in [0.29, 0.717) is 11.3 Å². The third-order valence-electron chi connectivity index (χ3n) is 5.88. The van der Waals surface area contributed by atoms with Crippen LogP contribution in [0.5, 0.6) is 0 Å². The van der Waals surface area contributed by atoms with Crippen molar-refractivity contribution in [2.45, 2.75) is 60.8 Å². The van der Waals surface area contributed by atoms with Gasteiger partial charge in [-0.15, -0.1) is 5.56 Å². The van der Waals surface area contributed by atoms with Gasteiger partial charge < -0.3 is 6.92 Å². The molecule has 3 aromatic rings. The molecule has 0 aromatic heterocycles. The summed E-state index contributed by atoms with van der Waals surface area (Å²) >= 11 is 1.30. The molecule has 190 valence electrons. The van der Waals surface area contributed by atoms with E-state index in [9.17, 15) is 0 Å². The normalized spacial score (nSPS) is 14.3. The fourth-order valence-corrected chi connectivity index (χ4v) is 4.20. The number of hydrogen-bond acceptors (Lipinski definition) is 0. The van der Waals surface area contributed by atoms with Gasteiger partial charge in [-0.05, 0) is 6.42 Å². The maximum atomic E-state index is 3.57. The Labute approximate surface area is 236 Å². The summed E-state index contributed by atoms with van der Waals surface area (Å²) in [4.78, 5) is 0. The Balaban J connectivity index is 0.000000266. The van der Waals surface area contributed by atoms with Gasteiger partial charge in [0.25, 0.3) is 0 Å². The van der Waals surface area contributed by atoms with E-state index in [0.717, 1.165) is 12.8 Å². The first kappa shape index (κ1) is 31.9. The number of fused-ring (bicyclic) bond motifs is 3. The average Bonchev–Trinajstić information content (AvgIpc) is 3.54. The number of benzene rings is 3. The van der Waals surface area contributed by atoms with Crippen LogP contribution in [0.15, 0.2) is 90.0 Å². The zero-order chi connectivity index (χ0) is 27.0. The summed E-state index contributed by atoms with van der Waals surface area (Å²) in [5.41, 5.74) is 8.76. The summed E-state index contributed by atoms with van der Waals surface area (Å²) in [6.45, 7) is 16.3. The number of allylic oxidation sites excluding steroid dienone is 4. The second kappa shape index (κ2) is 17.4. The predicted octanol–water partition coefficient (Wildman–Crippen LogP) is 9.49. The monoisotopic (exact) mass is 552 g/mol. The van der Waals surface area contributed by atoms with Crippen molar-refractivity contribution in [3.05, 3.63) is 126 Å². The molecular weight excluding hydrogens is 512 g/mol. The fraction of sp³-hybridized carbons (Fsp3) is 0.314. The van der Waals surface area contributed by atoms with Crippen molar-refractivity contribution < 1.29 is 24.2 Å². The molecule has 3 aromatic carbocycles. The van der Waals surface area contributed by atoms with Gasteiger partial charge in [0.2, 0.25) is 0 Å². The van der Waals surface area contributed by atoms with Crippen molar-refractivity contribution in [3.8, 4) is 11.1 Å². The van der Waals surface area contributed by atoms with Crippen molar-refractivity contribution in [2.24, 2.45) is 11.3 Å². The van der Waals surface area contributed by atoms with E-state index in [-0.39, 0.29) is 0 Å². The van der Waals surface area contributed by atoms with Crippen LogP contribution in [0.4, 0.5) is 0 Å². The molecule has 0 amide bonds. The first-order valence-electron chi connectivity index (χ1n) is 12.8.